The molecule has 0 radical (unpaired) electrons. The van der Waals surface area contributed by atoms with Gasteiger partial charge in [-0.3, -0.25) is 0 Å². The van der Waals surface area contributed by atoms with Crippen LogP contribution in [0.3, 0.4) is 0 Å². The van der Waals surface area contributed by atoms with Gasteiger partial charge in [-0.25, -0.2) is 0 Å². The summed E-state index contributed by atoms with van der Waals surface area (Å²) in [6.07, 6.45) is 5.30. The van der Waals surface area contributed by atoms with Crippen molar-refractivity contribution in [1.82, 2.24) is 0 Å². The van der Waals surface area contributed by atoms with Crippen molar-refractivity contribution < 1.29 is 0 Å². The molecule has 1 nitrogen and oxygen atoms in total. The van der Waals surface area contributed by atoms with E-state index >= 15 is 0 Å². The van der Waals surface area contributed by atoms with Crippen molar-refractivity contribution in [2.45, 2.75) is 39.5 Å². The molecule has 0 saturated carbocycles. The molecule has 0 amide bonds. The summed E-state index contributed by atoms with van der Waals surface area (Å²) in [4.78, 5) is 0. The number of hydrogen-bond acceptors (Lipinski definition) is 1. The summed E-state index contributed by atoms with van der Waals surface area (Å²) in [6.45, 7) is 5.80. The zero-order valence-electron chi connectivity index (χ0n) is 10.5. The van der Waals surface area contributed by atoms with E-state index in [0.29, 0.717) is 0 Å². The summed E-state index contributed by atoms with van der Waals surface area (Å²) in [5.41, 5.74) is 2.85. The summed E-state index contributed by atoms with van der Waals surface area (Å²) < 4.78 is 0. The fourth-order valence-electron chi connectivity index (χ4n) is 2.77. The molecule has 0 aliphatic carbocycles. The molecule has 0 fully saturated rings. The van der Waals surface area contributed by atoms with E-state index in [0.717, 1.165) is 18.4 Å². The zero-order valence-corrected chi connectivity index (χ0v) is 10.5. The smallest absolute Gasteiger partial charge is 0.0372 e. The van der Waals surface area contributed by atoms with Crippen molar-refractivity contribution in [2.24, 2.45) is 11.8 Å². The molecular weight excluding hydrogens is 194 g/mol. The Hall–Kier alpha value is -0.980. The van der Waals surface area contributed by atoms with Crippen LogP contribution in [0.1, 0.15) is 38.7 Å². The Labute approximate surface area is 99.3 Å². The molecule has 1 aliphatic rings. The van der Waals surface area contributed by atoms with Crippen molar-refractivity contribution in [3.63, 3.8) is 0 Å². The highest BCUT2D eigenvalue weighted by molar-refractivity contribution is 5.53. The van der Waals surface area contributed by atoms with Crippen LogP contribution in [0.25, 0.3) is 0 Å². The van der Waals surface area contributed by atoms with Crippen molar-refractivity contribution >= 4 is 5.69 Å². The van der Waals surface area contributed by atoms with Gasteiger partial charge in [0.2, 0.25) is 0 Å². The van der Waals surface area contributed by atoms with Crippen molar-refractivity contribution in [3.05, 3.63) is 29.8 Å². The fraction of sp³-hybridized carbons (Fsp3) is 0.600. The van der Waals surface area contributed by atoms with Crippen LogP contribution in [0.4, 0.5) is 5.69 Å². The van der Waals surface area contributed by atoms with E-state index in [4.69, 9.17) is 0 Å². The Morgan fingerprint density at radius 2 is 2.00 bits per heavy atom. The standard InChI is InChI=1S/C15H23N/c1-3-12(4-2)9-13-10-14-7-5-6-8-15(14)16-11-13/h5-8,12-13,16H,3-4,9-11H2,1-2H3. The average molecular weight is 217 g/mol. The van der Waals surface area contributed by atoms with Crippen LogP contribution >= 0.6 is 0 Å². The van der Waals surface area contributed by atoms with Crippen LogP contribution in [-0.2, 0) is 6.42 Å². The lowest BCUT2D eigenvalue weighted by Gasteiger charge is -2.28. The predicted molar refractivity (Wildman–Crippen MR) is 70.8 cm³/mol. The summed E-state index contributed by atoms with van der Waals surface area (Å²) in [6, 6.07) is 8.73. The third-order valence-corrected chi connectivity index (χ3v) is 3.93. The number of benzene rings is 1. The van der Waals surface area contributed by atoms with E-state index in [1.807, 2.05) is 0 Å². The molecular formula is C15H23N. The molecule has 2 rings (SSSR count). The van der Waals surface area contributed by atoms with Gasteiger partial charge in [0.15, 0.2) is 0 Å². The number of para-hydroxylation sites is 1. The molecule has 1 aromatic rings. The second-order valence-electron chi connectivity index (χ2n) is 5.03. The van der Waals surface area contributed by atoms with E-state index < -0.39 is 0 Å². The molecule has 0 spiro atoms. The normalized spacial score (nSPS) is 19.3. The maximum absolute atomic E-state index is 3.57. The van der Waals surface area contributed by atoms with Crippen LogP contribution in [0, 0.1) is 11.8 Å². The summed E-state index contributed by atoms with van der Waals surface area (Å²) in [5, 5.41) is 3.57. The maximum Gasteiger partial charge on any atom is 0.0372 e. The quantitative estimate of drug-likeness (QED) is 0.800. The predicted octanol–water partition coefficient (Wildman–Crippen LogP) is 4.10. The lowest BCUT2D eigenvalue weighted by atomic mass is 9.84. The van der Waals surface area contributed by atoms with Gasteiger partial charge in [0, 0.05) is 12.2 Å². The Bertz CT molecular complexity index is 328. The topological polar surface area (TPSA) is 12.0 Å². The van der Waals surface area contributed by atoms with Crippen LogP contribution in [0.2, 0.25) is 0 Å². The first kappa shape index (κ1) is 11.5. The molecule has 1 unspecified atom stereocenters. The molecule has 0 bridgehead atoms. The molecule has 1 atom stereocenters. The molecule has 16 heavy (non-hydrogen) atoms. The third kappa shape index (κ3) is 2.58. The minimum atomic E-state index is 0.833. The van der Waals surface area contributed by atoms with Gasteiger partial charge < -0.3 is 5.32 Å². The second-order valence-corrected chi connectivity index (χ2v) is 5.03. The molecule has 0 saturated heterocycles. The van der Waals surface area contributed by atoms with Gasteiger partial charge >= 0.3 is 0 Å². The number of rotatable bonds is 4. The Morgan fingerprint density at radius 1 is 1.25 bits per heavy atom. The van der Waals surface area contributed by atoms with Gasteiger partial charge in [0.05, 0.1) is 0 Å². The van der Waals surface area contributed by atoms with Gasteiger partial charge in [-0.15, -0.1) is 0 Å². The lowest BCUT2D eigenvalue weighted by Crippen LogP contribution is -2.25. The summed E-state index contributed by atoms with van der Waals surface area (Å²) >= 11 is 0. The molecule has 1 heteroatoms. The first-order chi connectivity index (χ1) is 7.83. The van der Waals surface area contributed by atoms with Crippen LogP contribution in [-0.4, -0.2) is 6.54 Å². The summed E-state index contributed by atoms with van der Waals surface area (Å²) in [7, 11) is 0. The number of nitrogens with one attached hydrogen (secondary N) is 1. The third-order valence-electron chi connectivity index (χ3n) is 3.93. The minimum Gasteiger partial charge on any atom is -0.385 e. The van der Waals surface area contributed by atoms with Crippen LogP contribution in [0.5, 0.6) is 0 Å². The Balaban J connectivity index is 1.97. The number of hydrogen-bond donors (Lipinski definition) is 1. The maximum atomic E-state index is 3.57. The van der Waals surface area contributed by atoms with E-state index in [2.05, 4.69) is 43.4 Å². The first-order valence-corrected chi connectivity index (χ1v) is 6.65. The van der Waals surface area contributed by atoms with Gasteiger partial charge in [-0.2, -0.15) is 0 Å². The van der Waals surface area contributed by atoms with Crippen molar-refractivity contribution in [1.29, 1.82) is 0 Å². The SMILES string of the molecule is CCC(CC)CC1CNc2ccccc2C1. The zero-order chi connectivity index (χ0) is 11.4. The van der Waals surface area contributed by atoms with Crippen molar-refractivity contribution in [3.8, 4) is 0 Å². The van der Waals surface area contributed by atoms with E-state index in [-0.39, 0.29) is 0 Å². The molecule has 88 valence electrons. The monoisotopic (exact) mass is 217 g/mol. The molecule has 1 heterocycles. The highest BCUT2D eigenvalue weighted by Crippen LogP contribution is 2.29. The van der Waals surface area contributed by atoms with Crippen LogP contribution in [0.15, 0.2) is 24.3 Å². The van der Waals surface area contributed by atoms with E-state index in [9.17, 15) is 0 Å². The van der Waals surface area contributed by atoms with Gasteiger partial charge in [0.1, 0.15) is 0 Å². The Kier molecular flexibility index (Phi) is 3.87. The van der Waals surface area contributed by atoms with Gasteiger partial charge in [-0.1, -0.05) is 44.9 Å². The van der Waals surface area contributed by atoms with Crippen molar-refractivity contribution in [2.75, 3.05) is 11.9 Å². The average Bonchev–Trinajstić information content (AvgIpc) is 2.35. The van der Waals surface area contributed by atoms with Gasteiger partial charge in [0.25, 0.3) is 0 Å². The molecule has 1 aromatic carbocycles. The number of anilines is 1. The molecule has 1 N–H and O–H groups in total. The van der Waals surface area contributed by atoms with E-state index in [1.54, 1.807) is 0 Å². The molecule has 0 aromatic heterocycles. The minimum absolute atomic E-state index is 0.833. The first-order valence-electron chi connectivity index (χ1n) is 6.65. The highest BCUT2D eigenvalue weighted by atomic mass is 14.9. The largest absolute Gasteiger partial charge is 0.385 e. The summed E-state index contributed by atoms with van der Waals surface area (Å²) in [5.74, 6) is 1.75. The molecule has 1 aliphatic heterocycles. The number of fused-ring (bicyclic) bond motifs is 1. The van der Waals surface area contributed by atoms with Crippen LogP contribution < -0.4 is 5.32 Å². The second kappa shape index (κ2) is 5.38. The highest BCUT2D eigenvalue weighted by Gasteiger charge is 2.19. The Morgan fingerprint density at radius 3 is 2.75 bits per heavy atom. The van der Waals surface area contributed by atoms with E-state index in [1.165, 1.54) is 36.9 Å². The lowest BCUT2D eigenvalue weighted by molar-refractivity contribution is 0.357. The van der Waals surface area contributed by atoms with Gasteiger partial charge in [-0.05, 0) is 36.3 Å². The fourth-order valence-corrected chi connectivity index (χ4v) is 2.77.